The van der Waals surface area contributed by atoms with Crippen LogP contribution in [0.5, 0.6) is 0 Å². The summed E-state index contributed by atoms with van der Waals surface area (Å²) >= 11 is 0. The number of amides is 1. The van der Waals surface area contributed by atoms with Crippen LogP contribution in [0.4, 0.5) is 13.2 Å². The van der Waals surface area contributed by atoms with Gasteiger partial charge in [0.25, 0.3) is 5.91 Å². The van der Waals surface area contributed by atoms with Crippen LogP contribution in [-0.4, -0.2) is 16.0 Å². The molecule has 0 radical (unpaired) electrons. The van der Waals surface area contributed by atoms with Gasteiger partial charge in [-0.3, -0.25) is 4.79 Å². The molecule has 1 aromatic carbocycles. The van der Waals surface area contributed by atoms with Crippen molar-refractivity contribution in [3.63, 3.8) is 0 Å². The second-order valence-corrected chi connectivity index (χ2v) is 6.20. The minimum Gasteiger partial charge on any atom is -0.461 e. The Morgan fingerprint density at radius 2 is 1.85 bits per heavy atom. The van der Waals surface area contributed by atoms with Crippen molar-refractivity contribution in [1.29, 1.82) is 0 Å². The Balaban J connectivity index is 1.77. The first kappa shape index (κ1) is 18.7. The van der Waals surface area contributed by atoms with Crippen molar-refractivity contribution in [1.82, 2.24) is 15.5 Å². The van der Waals surface area contributed by atoms with Crippen LogP contribution in [0, 0.1) is 5.92 Å². The van der Waals surface area contributed by atoms with Crippen molar-refractivity contribution in [3.8, 4) is 11.6 Å². The lowest BCUT2D eigenvalue weighted by molar-refractivity contribution is -0.137. The summed E-state index contributed by atoms with van der Waals surface area (Å²) < 4.78 is 48.3. The van der Waals surface area contributed by atoms with E-state index in [4.69, 9.17) is 8.94 Å². The third-order valence-electron chi connectivity index (χ3n) is 3.88. The smallest absolute Gasteiger partial charge is 0.416 e. The van der Waals surface area contributed by atoms with Gasteiger partial charge in [0.2, 0.25) is 11.7 Å². The molecule has 9 heteroatoms. The summed E-state index contributed by atoms with van der Waals surface area (Å²) in [6.45, 7) is 3.68. The fourth-order valence-electron chi connectivity index (χ4n) is 2.42. The maximum Gasteiger partial charge on any atom is 0.416 e. The lowest BCUT2D eigenvalue weighted by atomic mass is 10.0. The monoisotopic (exact) mass is 379 g/mol. The highest BCUT2D eigenvalue weighted by Gasteiger charge is 2.31. The average molecular weight is 379 g/mol. The first-order chi connectivity index (χ1) is 12.8. The molecule has 2 heterocycles. The summed E-state index contributed by atoms with van der Waals surface area (Å²) in [5, 5.41) is 6.54. The van der Waals surface area contributed by atoms with E-state index in [9.17, 15) is 18.0 Å². The van der Waals surface area contributed by atoms with Gasteiger partial charge in [-0.15, -0.1) is 0 Å². The van der Waals surface area contributed by atoms with Crippen LogP contribution in [0.25, 0.3) is 11.6 Å². The highest BCUT2D eigenvalue weighted by Crippen LogP contribution is 2.29. The topological polar surface area (TPSA) is 81.2 Å². The normalized spacial score (nSPS) is 13.0. The molecule has 3 rings (SSSR count). The third-order valence-corrected chi connectivity index (χ3v) is 3.88. The van der Waals surface area contributed by atoms with Crippen LogP contribution in [-0.2, 0) is 6.18 Å². The number of hydrogen-bond acceptors (Lipinski definition) is 5. The molecule has 142 valence electrons. The highest BCUT2D eigenvalue weighted by atomic mass is 19.4. The number of alkyl halides is 3. The van der Waals surface area contributed by atoms with Gasteiger partial charge in [0, 0.05) is 5.56 Å². The van der Waals surface area contributed by atoms with Crippen molar-refractivity contribution >= 4 is 5.91 Å². The number of benzene rings is 1. The second-order valence-electron chi connectivity index (χ2n) is 6.20. The molecule has 0 fully saturated rings. The Morgan fingerprint density at radius 3 is 2.41 bits per heavy atom. The molecule has 1 unspecified atom stereocenters. The van der Waals surface area contributed by atoms with Gasteiger partial charge < -0.3 is 14.3 Å². The Kier molecular flexibility index (Phi) is 5.02. The first-order valence-corrected chi connectivity index (χ1v) is 8.11. The van der Waals surface area contributed by atoms with Gasteiger partial charge in [-0.25, -0.2) is 0 Å². The van der Waals surface area contributed by atoms with Crippen molar-refractivity contribution in [2.24, 2.45) is 5.92 Å². The van der Waals surface area contributed by atoms with Gasteiger partial charge in [0.15, 0.2) is 5.76 Å². The van der Waals surface area contributed by atoms with Crippen LogP contribution >= 0.6 is 0 Å². The van der Waals surface area contributed by atoms with Crippen molar-refractivity contribution < 1.29 is 26.9 Å². The van der Waals surface area contributed by atoms with Gasteiger partial charge in [-0.2, -0.15) is 18.2 Å². The first-order valence-electron chi connectivity index (χ1n) is 8.11. The minimum atomic E-state index is -4.46. The van der Waals surface area contributed by atoms with Crippen LogP contribution in [0.3, 0.4) is 0 Å². The van der Waals surface area contributed by atoms with Crippen molar-refractivity contribution in [2.45, 2.75) is 26.1 Å². The van der Waals surface area contributed by atoms with E-state index in [0.29, 0.717) is 5.76 Å². The molecule has 0 aliphatic carbocycles. The Hall–Kier alpha value is -3.10. The number of rotatable bonds is 5. The SMILES string of the molecule is CC(C)C(NC(=O)c1ccc(C(F)(F)F)cc1)c1nc(-c2ccco2)no1. The lowest BCUT2D eigenvalue weighted by Crippen LogP contribution is -2.32. The quantitative estimate of drug-likeness (QED) is 0.707. The molecule has 3 aromatic rings. The fraction of sp³-hybridized carbons (Fsp3) is 0.278. The minimum absolute atomic E-state index is 0.0967. The molecule has 0 aliphatic rings. The molecule has 0 saturated heterocycles. The molecule has 1 N–H and O–H groups in total. The fourth-order valence-corrected chi connectivity index (χ4v) is 2.42. The predicted molar refractivity (Wildman–Crippen MR) is 88.5 cm³/mol. The number of hydrogen-bond donors (Lipinski definition) is 1. The maximum atomic E-state index is 12.6. The molecule has 1 atom stereocenters. The molecule has 6 nitrogen and oxygen atoms in total. The van der Waals surface area contributed by atoms with Gasteiger partial charge in [-0.05, 0) is 42.3 Å². The van der Waals surface area contributed by atoms with E-state index in [2.05, 4.69) is 15.5 Å². The molecular weight excluding hydrogens is 363 g/mol. The van der Waals surface area contributed by atoms with E-state index in [1.807, 2.05) is 13.8 Å². The molecule has 1 amide bonds. The molecule has 2 aromatic heterocycles. The summed E-state index contributed by atoms with van der Waals surface area (Å²) in [4.78, 5) is 16.7. The number of furan rings is 1. The van der Waals surface area contributed by atoms with E-state index in [0.717, 1.165) is 24.3 Å². The standard InChI is InChI=1S/C18H16F3N3O3/c1-10(2)14(17-23-15(24-27-17)13-4-3-9-26-13)22-16(25)11-5-7-12(8-6-11)18(19,20)21/h3-10,14H,1-2H3,(H,22,25). The van der Waals surface area contributed by atoms with Gasteiger partial charge in [0.1, 0.15) is 6.04 Å². The van der Waals surface area contributed by atoms with E-state index in [1.54, 1.807) is 12.1 Å². The summed E-state index contributed by atoms with van der Waals surface area (Å²) in [6.07, 6.45) is -2.99. The zero-order valence-electron chi connectivity index (χ0n) is 14.4. The predicted octanol–water partition coefficient (Wildman–Crippen LogP) is 4.48. The van der Waals surface area contributed by atoms with Gasteiger partial charge in [-0.1, -0.05) is 19.0 Å². The summed E-state index contributed by atoms with van der Waals surface area (Å²) in [6, 6.07) is 6.70. The largest absolute Gasteiger partial charge is 0.461 e. The van der Waals surface area contributed by atoms with Crippen LogP contribution in [0.1, 0.15) is 41.7 Å². The maximum absolute atomic E-state index is 12.6. The molecule has 0 aliphatic heterocycles. The summed E-state index contributed by atoms with van der Waals surface area (Å²) in [5.41, 5.74) is -0.723. The summed E-state index contributed by atoms with van der Waals surface area (Å²) in [7, 11) is 0. The third kappa shape index (κ3) is 4.18. The van der Waals surface area contributed by atoms with Crippen LogP contribution in [0.15, 0.2) is 51.6 Å². The second kappa shape index (κ2) is 7.26. The Bertz CT molecular complexity index is 900. The van der Waals surface area contributed by atoms with Crippen LogP contribution in [0.2, 0.25) is 0 Å². The number of carbonyl (C=O) groups excluding carboxylic acids is 1. The molecular formula is C18H16F3N3O3. The molecule has 0 spiro atoms. The van der Waals surface area contributed by atoms with Crippen molar-refractivity contribution in [3.05, 3.63) is 59.7 Å². The van der Waals surface area contributed by atoms with E-state index >= 15 is 0 Å². The van der Waals surface area contributed by atoms with E-state index in [1.165, 1.54) is 6.26 Å². The Labute approximate surface area is 152 Å². The Morgan fingerprint density at radius 1 is 1.15 bits per heavy atom. The molecule has 0 bridgehead atoms. The number of carbonyl (C=O) groups is 1. The number of halogens is 3. The number of nitrogens with zero attached hydrogens (tertiary/aromatic N) is 2. The van der Waals surface area contributed by atoms with E-state index < -0.39 is 23.7 Å². The highest BCUT2D eigenvalue weighted by molar-refractivity contribution is 5.94. The van der Waals surface area contributed by atoms with Gasteiger partial charge >= 0.3 is 6.18 Å². The van der Waals surface area contributed by atoms with Crippen LogP contribution < -0.4 is 5.32 Å². The van der Waals surface area contributed by atoms with E-state index in [-0.39, 0.29) is 23.2 Å². The average Bonchev–Trinajstić information content (AvgIpc) is 3.29. The zero-order valence-corrected chi connectivity index (χ0v) is 14.4. The zero-order chi connectivity index (χ0) is 19.6. The summed E-state index contributed by atoms with van der Waals surface area (Å²) in [5.74, 6) is 0.191. The molecule has 0 saturated carbocycles. The molecule has 27 heavy (non-hydrogen) atoms. The number of nitrogens with one attached hydrogen (secondary N) is 1. The number of aromatic nitrogens is 2. The lowest BCUT2D eigenvalue weighted by Gasteiger charge is -2.18. The van der Waals surface area contributed by atoms with Crippen molar-refractivity contribution in [2.75, 3.05) is 0 Å². The van der Waals surface area contributed by atoms with Gasteiger partial charge in [0.05, 0.1) is 11.8 Å².